The van der Waals surface area contributed by atoms with Crippen molar-refractivity contribution in [2.45, 2.75) is 70.3 Å². The fourth-order valence-corrected chi connectivity index (χ4v) is 2.96. The highest BCUT2D eigenvalue weighted by Gasteiger charge is 2.63. The molecule has 3 heterocycles. The smallest absolute Gasteiger partial charge is 0.197 e. The zero-order valence-corrected chi connectivity index (χ0v) is 11.0. The highest BCUT2D eigenvalue weighted by atomic mass is 16.9. The molecule has 5 heteroatoms. The van der Waals surface area contributed by atoms with Gasteiger partial charge in [0.05, 0.1) is 6.61 Å². The first-order valence-corrected chi connectivity index (χ1v) is 6.08. The van der Waals surface area contributed by atoms with Crippen molar-refractivity contribution in [2.75, 3.05) is 6.61 Å². The highest BCUT2D eigenvalue weighted by Crippen LogP contribution is 2.46. The number of ether oxygens (including phenoxy) is 5. The lowest BCUT2D eigenvalue weighted by molar-refractivity contribution is -0.270. The molecule has 0 N–H and O–H groups in total. The maximum Gasteiger partial charge on any atom is 0.197 e. The van der Waals surface area contributed by atoms with E-state index in [1.54, 1.807) is 0 Å². The molecule has 0 bridgehead atoms. The zero-order chi connectivity index (χ0) is 12.5. The normalized spacial score (nSPS) is 51.0. The van der Waals surface area contributed by atoms with Crippen LogP contribution in [0.25, 0.3) is 0 Å². The Kier molecular flexibility index (Phi) is 2.25. The van der Waals surface area contributed by atoms with Crippen molar-refractivity contribution in [3.05, 3.63) is 0 Å². The molecule has 0 unspecified atom stereocenters. The Hall–Kier alpha value is -0.200. The predicted molar refractivity (Wildman–Crippen MR) is 58.2 cm³/mol. The maximum atomic E-state index is 5.92. The monoisotopic (exact) mass is 244 g/mol. The summed E-state index contributed by atoms with van der Waals surface area (Å²) < 4.78 is 29.2. The van der Waals surface area contributed by atoms with Crippen molar-refractivity contribution in [1.82, 2.24) is 0 Å². The molecule has 98 valence electrons. The number of hydrogen-bond donors (Lipinski definition) is 0. The Morgan fingerprint density at radius 3 is 2.29 bits per heavy atom. The van der Waals surface area contributed by atoms with Crippen molar-refractivity contribution in [2.24, 2.45) is 0 Å². The molecule has 0 aromatic carbocycles. The van der Waals surface area contributed by atoms with Crippen molar-refractivity contribution in [1.29, 1.82) is 0 Å². The fraction of sp³-hybridized carbons (Fsp3) is 1.00. The second-order valence-electron chi connectivity index (χ2n) is 6.01. The molecule has 0 aromatic heterocycles. The van der Waals surface area contributed by atoms with Gasteiger partial charge in [0.15, 0.2) is 17.4 Å². The molecule has 0 spiro atoms. The quantitative estimate of drug-likeness (QED) is 0.644. The van der Waals surface area contributed by atoms with Gasteiger partial charge in [-0.2, -0.15) is 0 Å². The summed E-state index contributed by atoms with van der Waals surface area (Å²) >= 11 is 0. The van der Waals surface area contributed by atoms with Gasteiger partial charge in [-0.05, 0) is 34.6 Å². The summed E-state index contributed by atoms with van der Waals surface area (Å²) in [5.41, 5.74) is 0. The van der Waals surface area contributed by atoms with Gasteiger partial charge in [-0.3, -0.25) is 0 Å². The van der Waals surface area contributed by atoms with E-state index in [0.29, 0.717) is 6.61 Å². The molecular weight excluding hydrogens is 224 g/mol. The molecule has 3 aliphatic rings. The molecular formula is C12H20O5. The molecule has 17 heavy (non-hydrogen) atoms. The minimum Gasteiger partial charge on any atom is -0.345 e. The van der Waals surface area contributed by atoms with Crippen LogP contribution < -0.4 is 0 Å². The predicted octanol–water partition coefficient (Wildman–Crippen LogP) is 1.40. The second-order valence-corrected chi connectivity index (χ2v) is 6.01. The maximum absolute atomic E-state index is 5.92. The summed E-state index contributed by atoms with van der Waals surface area (Å²) in [5.74, 6) is -1.97. The lowest BCUT2D eigenvalue weighted by Crippen LogP contribution is -2.56. The molecule has 5 nitrogen and oxygen atoms in total. The first-order chi connectivity index (χ1) is 7.71. The molecule has 3 aliphatic heterocycles. The van der Waals surface area contributed by atoms with Crippen molar-refractivity contribution >= 4 is 0 Å². The molecule has 0 aliphatic carbocycles. The second kappa shape index (κ2) is 3.22. The van der Waals surface area contributed by atoms with E-state index in [1.165, 1.54) is 0 Å². The largest absolute Gasteiger partial charge is 0.345 e. The van der Waals surface area contributed by atoms with Crippen LogP contribution in [0.2, 0.25) is 0 Å². The molecule has 0 amide bonds. The Bertz CT molecular complexity index is 340. The van der Waals surface area contributed by atoms with Gasteiger partial charge in [0, 0.05) is 0 Å². The van der Waals surface area contributed by atoms with Crippen LogP contribution >= 0.6 is 0 Å². The minimum absolute atomic E-state index is 0.0828. The topological polar surface area (TPSA) is 46.2 Å². The Labute approximate surface area is 101 Å². The van der Waals surface area contributed by atoms with Gasteiger partial charge >= 0.3 is 0 Å². The summed E-state index contributed by atoms with van der Waals surface area (Å²) in [5, 5.41) is 0. The molecule has 0 aromatic rings. The molecule has 0 saturated carbocycles. The molecule has 0 radical (unpaired) electrons. The minimum atomic E-state index is -0.742. The Morgan fingerprint density at radius 2 is 1.59 bits per heavy atom. The highest BCUT2D eigenvalue weighted by molar-refractivity contribution is 5.01. The molecule has 3 fully saturated rings. The molecule has 3 rings (SSSR count). The van der Waals surface area contributed by atoms with Crippen LogP contribution in [0.15, 0.2) is 0 Å². The summed E-state index contributed by atoms with van der Waals surface area (Å²) in [4.78, 5) is 0. The summed E-state index contributed by atoms with van der Waals surface area (Å²) in [7, 11) is 0. The van der Waals surface area contributed by atoms with Crippen molar-refractivity contribution in [3.8, 4) is 0 Å². The van der Waals surface area contributed by atoms with Gasteiger partial charge in [0.1, 0.15) is 18.3 Å². The average Bonchev–Trinajstić information content (AvgIpc) is 2.57. The summed E-state index contributed by atoms with van der Waals surface area (Å²) in [6, 6.07) is 0. The molecule has 4 atom stereocenters. The lowest BCUT2D eigenvalue weighted by atomic mass is 9.98. The van der Waals surface area contributed by atoms with E-state index in [9.17, 15) is 0 Å². The Morgan fingerprint density at radius 1 is 0.882 bits per heavy atom. The fourth-order valence-electron chi connectivity index (χ4n) is 2.96. The van der Waals surface area contributed by atoms with E-state index in [4.69, 9.17) is 23.7 Å². The van der Waals surface area contributed by atoms with E-state index in [1.807, 2.05) is 34.6 Å². The third-order valence-corrected chi connectivity index (χ3v) is 3.43. The van der Waals surface area contributed by atoms with Crippen molar-refractivity contribution < 1.29 is 23.7 Å². The summed E-state index contributed by atoms with van der Waals surface area (Å²) in [6.07, 6.45) is -0.468. The van der Waals surface area contributed by atoms with Crippen LogP contribution in [0.4, 0.5) is 0 Å². The lowest BCUT2D eigenvalue weighted by Gasteiger charge is -2.38. The van der Waals surface area contributed by atoms with E-state index in [-0.39, 0.29) is 18.3 Å². The van der Waals surface area contributed by atoms with Crippen LogP contribution in [-0.4, -0.2) is 42.3 Å². The van der Waals surface area contributed by atoms with Gasteiger partial charge in [-0.15, -0.1) is 0 Å². The van der Waals surface area contributed by atoms with Crippen LogP contribution in [-0.2, 0) is 23.7 Å². The average molecular weight is 244 g/mol. The number of rotatable bonds is 0. The first kappa shape index (κ1) is 11.9. The van der Waals surface area contributed by atoms with E-state index in [2.05, 4.69) is 0 Å². The zero-order valence-electron chi connectivity index (χ0n) is 11.0. The third kappa shape index (κ3) is 1.81. The van der Waals surface area contributed by atoms with E-state index in [0.717, 1.165) is 0 Å². The molecule has 3 saturated heterocycles. The van der Waals surface area contributed by atoms with Crippen LogP contribution in [0.3, 0.4) is 0 Å². The van der Waals surface area contributed by atoms with Crippen LogP contribution in [0.1, 0.15) is 34.6 Å². The summed E-state index contributed by atoms with van der Waals surface area (Å²) in [6.45, 7) is 9.96. The van der Waals surface area contributed by atoms with Gasteiger partial charge in [0.2, 0.25) is 0 Å². The Balaban J connectivity index is 1.88. The first-order valence-electron chi connectivity index (χ1n) is 6.08. The van der Waals surface area contributed by atoms with Gasteiger partial charge in [-0.25, -0.2) is 0 Å². The van der Waals surface area contributed by atoms with Gasteiger partial charge < -0.3 is 23.7 Å². The standard InChI is InChI=1S/C12H20O5/c1-10(2)14-7-6-13-12(5)9(8(7)15-10)16-11(3,4)17-12/h7-9H,6H2,1-5H3/t7-,8-,9+,12+/m1/s1. The van der Waals surface area contributed by atoms with E-state index < -0.39 is 17.4 Å². The van der Waals surface area contributed by atoms with Gasteiger partial charge in [-0.1, -0.05) is 0 Å². The third-order valence-electron chi connectivity index (χ3n) is 3.43. The number of fused-ring (bicyclic) bond motifs is 3. The SMILES string of the molecule is CC1(C)O[C@@H]2[C@@H](CO[C@@]3(C)OC(C)(C)O[C@@H]23)O1. The van der Waals surface area contributed by atoms with Crippen molar-refractivity contribution in [3.63, 3.8) is 0 Å². The number of hydrogen-bond acceptors (Lipinski definition) is 5. The van der Waals surface area contributed by atoms with Gasteiger partial charge in [0.25, 0.3) is 0 Å². The van der Waals surface area contributed by atoms with Crippen LogP contribution in [0, 0.1) is 0 Å². The van der Waals surface area contributed by atoms with Crippen LogP contribution in [0.5, 0.6) is 0 Å². The van der Waals surface area contributed by atoms with E-state index >= 15 is 0 Å².